The van der Waals surface area contributed by atoms with E-state index in [1.807, 2.05) is 32.3 Å². The van der Waals surface area contributed by atoms with Gasteiger partial charge in [-0.05, 0) is 42.8 Å². The number of hydrogen-bond acceptors (Lipinski definition) is 4. The molecule has 5 nitrogen and oxygen atoms in total. The first-order valence-electron chi connectivity index (χ1n) is 7.78. The molecule has 4 aromatic rings. The average molecular weight is 334 g/mol. The molecule has 0 aliphatic carbocycles. The van der Waals surface area contributed by atoms with E-state index in [9.17, 15) is 4.39 Å². The number of aryl methyl sites for hydroxylation is 2. The minimum Gasteiger partial charge on any atom is -0.443 e. The van der Waals surface area contributed by atoms with Crippen LogP contribution < -0.4 is 0 Å². The monoisotopic (exact) mass is 334 g/mol. The van der Waals surface area contributed by atoms with Crippen molar-refractivity contribution in [1.82, 2.24) is 19.7 Å². The van der Waals surface area contributed by atoms with Crippen molar-refractivity contribution in [3.05, 3.63) is 66.4 Å². The van der Waals surface area contributed by atoms with E-state index in [-0.39, 0.29) is 5.82 Å². The van der Waals surface area contributed by atoms with Crippen molar-refractivity contribution in [3.63, 3.8) is 0 Å². The third-order valence-corrected chi connectivity index (χ3v) is 3.94. The van der Waals surface area contributed by atoms with Gasteiger partial charge in [-0.25, -0.2) is 14.4 Å². The van der Waals surface area contributed by atoms with E-state index in [1.54, 1.807) is 29.3 Å². The van der Waals surface area contributed by atoms with E-state index in [0.717, 1.165) is 22.4 Å². The van der Waals surface area contributed by atoms with Crippen molar-refractivity contribution in [2.45, 2.75) is 6.92 Å². The van der Waals surface area contributed by atoms with Gasteiger partial charge < -0.3 is 4.42 Å². The molecule has 0 aliphatic heterocycles. The van der Waals surface area contributed by atoms with Crippen LogP contribution >= 0.6 is 0 Å². The van der Waals surface area contributed by atoms with Gasteiger partial charge in [0.2, 0.25) is 5.89 Å². The largest absolute Gasteiger partial charge is 0.443 e. The molecule has 0 spiro atoms. The molecule has 0 atom stereocenters. The molecule has 1 aromatic carbocycles. The Hall–Kier alpha value is -3.28. The van der Waals surface area contributed by atoms with Gasteiger partial charge in [-0.1, -0.05) is 6.07 Å². The normalized spacial score (nSPS) is 11.0. The number of aromatic nitrogens is 4. The van der Waals surface area contributed by atoms with Crippen LogP contribution in [0, 0.1) is 12.7 Å². The molecule has 0 radical (unpaired) electrons. The SMILES string of the molecule is Cc1ccc(-c2cnn(C)c2)nc1-c1nc(-c2ccc(F)cc2)co1. The van der Waals surface area contributed by atoms with E-state index in [4.69, 9.17) is 4.42 Å². The maximum Gasteiger partial charge on any atom is 0.245 e. The molecular formula is C19H15FN4O. The van der Waals surface area contributed by atoms with E-state index in [0.29, 0.717) is 17.3 Å². The minimum absolute atomic E-state index is 0.283. The molecule has 0 aliphatic rings. The van der Waals surface area contributed by atoms with Gasteiger partial charge in [0.25, 0.3) is 0 Å². The lowest BCUT2D eigenvalue weighted by molar-refractivity contribution is 0.572. The number of rotatable bonds is 3. The van der Waals surface area contributed by atoms with Crippen LogP contribution in [-0.2, 0) is 7.05 Å². The average Bonchev–Trinajstić information content (AvgIpc) is 3.25. The fourth-order valence-corrected chi connectivity index (χ4v) is 2.60. The molecule has 3 heterocycles. The molecule has 0 saturated carbocycles. The summed E-state index contributed by atoms with van der Waals surface area (Å²) in [6.45, 7) is 1.96. The molecule has 0 fully saturated rings. The lowest BCUT2D eigenvalue weighted by atomic mass is 10.1. The molecule has 0 amide bonds. The summed E-state index contributed by atoms with van der Waals surface area (Å²) in [5, 5.41) is 4.18. The van der Waals surface area contributed by atoms with E-state index < -0.39 is 0 Å². The fraction of sp³-hybridized carbons (Fsp3) is 0.105. The van der Waals surface area contributed by atoms with Crippen molar-refractivity contribution in [3.8, 4) is 34.1 Å². The second kappa shape index (κ2) is 5.98. The number of halogens is 1. The Balaban J connectivity index is 1.73. The second-order valence-electron chi connectivity index (χ2n) is 5.81. The Kier molecular flexibility index (Phi) is 3.65. The number of nitrogens with zero attached hydrogens (tertiary/aromatic N) is 4. The quantitative estimate of drug-likeness (QED) is 0.562. The molecular weight excluding hydrogens is 319 g/mol. The first kappa shape index (κ1) is 15.3. The topological polar surface area (TPSA) is 56.7 Å². The molecule has 4 rings (SSSR count). The molecule has 0 unspecified atom stereocenters. The molecule has 3 aromatic heterocycles. The predicted octanol–water partition coefficient (Wildman–Crippen LogP) is 4.25. The Morgan fingerprint density at radius 2 is 1.76 bits per heavy atom. The van der Waals surface area contributed by atoms with Gasteiger partial charge in [0.1, 0.15) is 23.5 Å². The Bertz CT molecular complexity index is 1030. The second-order valence-corrected chi connectivity index (χ2v) is 5.81. The van der Waals surface area contributed by atoms with Crippen molar-refractivity contribution >= 4 is 0 Å². The van der Waals surface area contributed by atoms with Crippen LogP contribution in [-0.4, -0.2) is 19.7 Å². The lowest BCUT2D eigenvalue weighted by Crippen LogP contribution is -1.92. The first-order chi connectivity index (χ1) is 12.1. The van der Waals surface area contributed by atoms with Crippen LogP contribution in [0.15, 0.2) is 59.5 Å². The van der Waals surface area contributed by atoms with Crippen molar-refractivity contribution in [2.75, 3.05) is 0 Å². The van der Waals surface area contributed by atoms with Gasteiger partial charge in [0.15, 0.2) is 0 Å². The summed E-state index contributed by atoms with van der Waals surface area (Å²) < 4.78 is 20.4. The maximum atomic E-state index is 13.1. The summed E-state index contributed by atoms with van der Waals surface area (Å²) in [7, 11) is 1.86. The number of benzene rings is 1. The zero-order valence-corrected chi connectivity index (χ0v) is 13.8. The highest BCUT2D eigenvalue weighted by atomic mass is 19.1. The standard InChI is InChI=1S/C19H15FN4O/c1-12-3-8-16(14-9-21-24(2)10-14)22-18(12)19-23-17(11-25-19)13-4-6-15(20)7-5-13/h3-11H,1-2H3. The van der Waals surface area contributed by atoms with E-state index >= 15 is 0 Å². The third-order valence-electron chi connectivity index (χ3n) is 3.94. The van der Waals surface area contributed by atoms with Gasteiger partial charge in [-0.15, -0.1) is 0 Å². The highest BCUT2D eigenvalue weighted by molar-refractivity contribution is 5.66. The fourth-order valence-electron chi connectivity index (χ4n) is 2.60. The van der Waals surface area contributed by atoms with Gasteiger partial charge >= 0.3 is 0 Å². The summed E-state index contributed by atoms with van der Waals surface area (Å²) >= 11 is 0. The van der Waals surface area contributed by atoms with Crippen molar-refractivity contribution < 1.29 is 8.81 Å². The molecule has 0 N–H and O–H groups in total. The van der Waals surface area contributed by atoms with E-state index in [1.165, 1.54) is 12.1 Å². The van der Waals surface area contributed by atoms with Crippen LogP contribution in [0.1, 0.15) is 5.56 Å². The zero-order chi connectivity index (χ0) is 17.4. The van der Waals surface area contributed by atoms with Crippen LogP contribution in [0.3, 0.4) is 0 Å². The smallest absolute Gasteiger partial charge is 0.245 e. The van der Waals surface area contributed by atoms with Crippen molar-refractivity contribution in [2.24, 2.45) is 7.05 Å². The van der Waals surface area contributed by atoms with Crippen molar-refractivity contribution in [1.29, 1.82) is 0 Å². The van der Waals surface area contributed by atoms with Crippen LogP contribution in [0.5, 0.6) is 0 Å². The van der Waals surface area contributed by atoms with E-state index in [2.05, 4.69) is 15.1 Å². The summed E-state index contributed by atoms with van der Waals surface area (Å²) in [4.78, 5) is 9.19. The highest BCUT2D eigenvalue weighted by Gasteiger charge is 2.14. The first-order valence-corrected chi connectivity index (χ1v) is 7.78. The molecule has 6 heteroatoms. The maximum absolute atomic E-state index is 13.1. The van der Waals surface area contributed by atoms with Crippen LogP contribution in [0.25, 0.3) is 34.1 Å². The number of oxazole rings is 1. The van der Waals surface area contributed by atoms with Gasteiger partial charge in [-0.2, -0.15) is 5.10 Å². The lowest BCUT2D eigenvalue weighted by Gasteiger charge is -2.03. The Morgan fingerprint density at radius 1 is 0.960 bits per heavy atom. The van der Waals surface area contributed by atoms with Gasteiger partial charge in [0.05, 0.1) is 11.9 Å². The molecule has 124 valence electrons. The highest BCUT2D eigenvalue weighted by Crippen LogP contribution is 2.28. The molecule has 0 saturated heterocycles. The predicted molar refractivity (Wildman–Crippen MR) is 92.1 cm³/mol. The van der Waals surface area contributed by atoms with Gasteiger partial charge in [0, 0.05) is 24.4 Å². The van der Waals surface area contributed by atoms with Crippen LogP contribution in [0.2, 0.25) is 0 Å². The Morgan fingerprint density at radius 3 is 2.48 bits per heavy atom. The number of pyridine rings is 1. The zero-order valence-electron chi connectivity index (χ0n) is 13.8. The summed E-state index contributed by atoms with van der Waals surface area (Å²) in [6.07, 6.45) is 5.22. The molecule has 25 heavy (non-hydrogen) atoms. The third kappa shape index (κ3) is 2.94. The number of hydrogen-bond donors (Lipinski definition) is 0. The summed E-state index contributed by atoms with van der Waals surface area (Å²) in [5.41, 5.74) is 4.79. The summed E-state index contributed by atoms with van der Waals surface area (Å²) in [6, 6.07) is 10.1. The minimum atomic E-state index is -0.283. The Labute approximate surface area is 143 Å². The van der Waals surface area contributed by atoms with Gasteiger partial charge in [-0.3, -0.25) is 4.68 Å². The summed E-state index contributed by atoms with van der Waals surface area (Å²) in [5.74, 6) is 0.150. The van der Waals surface area contributed by atoms with Crippen LogP contribution in [0.4, 0.5) is 4.39 Å². The molecule has 0 bridgehead atoms.